The first-order valence-electron chi connectivity index (χ1n) is 16.0. The average molecular weight is 745 g/mol. The van der Waals surface area contributed by atoms with E-state index in [9.17, 15) is 24.0 Å². The maximum absolute atomic E-state index is 12.1. The molecule has 0 atom stereocenters. The van der Waals surface area contributed by atoms with E-state index in [1.54, 1.807) is 72.8 Å². The normalized spacial score (nSPS) is 10.3. The van der Waals surface area contributed by atoms with Gasteiger partial charge in [-0.05, 0) is 72.8 Å². The second-order valence-electron chi connectivity index (χ2n) is 10.8. The summed E-state index contributed by atoms with van der Waals surface area (Å²) in [6.45, 7) is 3.56. The lowest BCUT2D eigenvalue weighted by atomic mass is 10.3. The van der Waals surface area contributed by atoms with Crippen molar-refractivity contribution in [3.05, 3.63) is 85.1 Å². The number of rotatable bonds is 19. The molecule has 0 fully saturated rings. The van der Waals surface area contributed by atoms with Gasteiger partial charge in [-0.15, -0.1) is 0 Å². The molecule has 0 radical (unpaired) electrons. The summed E-state index contributed by atoms with van der Waals surface area (Å²) >= 11 is 0. The lowest BCUT2D eigenvalue weighted by molar-refractivity contribution is -0.239. The average Bonchev–Trinajstić information content (AvgIpc) is 3.15. The summed E-state index contributed by atoms with van der Waals surface area (Å²) in [6.07, 6.45) is -0.683. The van der Waals surface area contributed by atoms with Gasteiger partial charge < -0.3 is 44.5 Å². The Hall–Kier alpha value is -7.08. The molecule has 0 unspecified atom stereocenters. The molecule has 4 rings (SSSR count). The molecule has 3 N–H and O–H groups in total. The molecule has 0 aliphatic heterocycles. The van der Waals surface area contributed by atoms with Crippen LogP contribution in [-0.4, -0.2) is 66.1 Å². The number of aromatic nitrogens is 3. The minimum Gasteiger partial charge on any atom is -0.469 e. The molecule has 18 heteroatoms. The summed E-state index contributed by atoms with van der Waals surface area (Å²) < 4.78 is 24.9. The summed E-state index contributed by atoms with van der Waals surface area (Å²) in [5.74, 6) is -1.58. The van der Waals surface area contributed by atoms with Crippen molar-refractivity contribution in [1.82, 2.24) is 15.0 Å². The number of hydrogen-bond donors (Lipinski definition) is 3. The molecule has 18 nitrogen and oxygen atoms in total. The zero-order chi connectivity index (χ0) is 38.9. The number of anilines is 6. The van der Waals surface area contributed by atoms with Crippen LogP contribution in [-0.2, 0) is 43.2 Å². The Bertz CT molecular complexity index is 1840. The number of carbonyl (C=O) groups excluding carboxylic acids is 5. The fourth-order valence-corrected chi connectivity index (χ4v) is 4.20. The van der Waals surface area contributed by atoms with Crippen molar-refractivity contribution in [3.63, 3.8) is 0 Å². The Morgan fingerprint density at radius 2 is 0.815 bits per heavy atom. The van der Waals surface area contributed by atoms with Crippen molar-refractivity contribution in [3.8, 4) is 17.2 Å². The Balaban J connectivity index is 1.48. The first kappa shape index (κ1) is 39.7. The van der Waals surface area contributed by atoms with E-state index in [4.69, 9.17) is 19.1 Å². The number of carbonyl (C=O) groups is 5. The van der Waals surface area contributed by atoms with Crippen LogP contribution < -0.4 is 30.2 Å². The van der Waals surface area contributed by atoms with Gasteiger partial charge >= 0.3 is 29.8 Å². The zero-order valence-corrected chi connectivity index (χ0v) is 29.4. The highest BCUT2D eigenvalue weighted by Crippen LogP contribution is 2.25. The fraction of sp³-hybridized carbons (Fsp3) is 0.222. The van der Waals surface area contributed by atoms with Gasteiger partial charge in [0, 0.05) is 17.1 Å². The van der Waals surface area contributed by atoms with Crippen LogP contribution in [0.1, 0.15) is 32.1 Å². The van der Waals surface area contributed by atoms with Crippen LogP contribution in [0.5, 0.6) is 17.2 Å². The standard InChI is InChI=1S/C36H36N6O12/c1-22(54-50-4)21-33(47)53-28-15-9-25(10-16-28)39-36-41-34(37-23-5-11-26(12-6-23)51-31(45)19-17-29(43)48-2)40-35(42-36)38-24-7-13-27(14-8-24)52-32(46)20-18-30(44)49-3/h5-16H,1,17-21H2,2-4H3,(H3,37,38,39,40,41,42). The Morgan fingerprint density at radius 1 is 0.500 bits per heavy atom. The number of ether oxygens (including phenoxy) is 5. The summed E-state index contributed by atoms with van der Waals surface area (Å²) in [4.78, 5) is 81.5. The lowest BCUT2D eigenvalue weighted by Gasteiger charge is -2.13. The molecule has 0 saturated carbocycles. The summed E-state index contributed by atoms with van der Waals surface area (Å²) in [6, 6.07) is 19.2. The maximum atomic E-state index is 12.1. The number of benzene rings is 3. The smallest absolute Gasteiger partial charge is 0.318 e. The molecular weight excluding hydrogens is 708 g/mol. The van der Waals surface area contributed by atoms with Crippen LogP contribution in [0.2, 0.25) is 0 Å². The third kappa shape index (κ3) is 13.6. The van der Waals surface area contributed by atoms with Gasteiger partial charge in [0.05, 0.1) is 47.0 Å². The summed E-state index contributed by atoms with van der Waals surface area (Å²) in [5.41, 5.74) is 1.62. The molecule has 54 heavy (non-hydrogen) atoms. The van der Waals surface area contributed by atoms with E-state index in [1.807, 2.05) is 0 Å². The van der Waals surface area contributed by atoms with E-state index in [0.717, 1.165) is 0 Å². The van der Waals surface area contributed by atoms with E-state index in [-0.39, 0.29) is 73.0 Å². The minimum absolute atomic E-state index is 0.0862. The Morgan fingerprint density at radius 3 is 1.13 bits per heavy atom. The van der Waals surface area contributed by atoms with Gasteiger partial charge in [-0.2, -0.15) is 19.8 Å². The fourth-order valence-electron chi connectivity index (χ4n) is 4.20. The van der Waals surface area contributed by atoms with Gasteiger partial charge in [-0.3, -0.25) is 24.0 Å². The number of hydrogen-bond acceptors (Lipinski definition) is 18. The number of methoxy groups -OCH3 is 2. The zero-order valence-electron chi connectivity index (χ0n) is 29.4. The third-order valence-electron chi connectivity index (χ3n) is 6.73. The van der Waals surface area contributed by atoms with E-state index in [1.165, 1.54) is 21.3 Å². The predicted molar refractivity (Wildman–Crippen MR) is 190 cm³/mol. The first-order chi connectivity index (χ1) is 26.0. The van der Waals surface area contributed by atoms with Crippen LogP contribution in [0, 0.1) is 0 Å². The molecule has 4 aromatic rings. The second kappa shape index (κ2) is 20.1. The van der Waals surface area contributed by atoms with E-state index < -0.39 is 29.8 Å². The molecule has 0 aliphatic rings. The van der Waals surface area contributed by atoms with Gasteiger partial charge in [0.2, 0.25) is 17.8 Å². The largest absolute Gasteiger partial charge is 0.469 e. The van der Waals surface area contributed by atoms with Gasteiger partial charge in [0.1, 0.15) is 29.4 Å². The molecule has 3 aromatic carbocycles. The second-order valence-corrected chi connectivity index (χ2v) is 10.8. The van der Waals surface area contributed by atoms with E-state index in [2.05, 4.69) is 51.8 Å². The molecular formula is C36H36N6O12. The van der Waals surface area contributed by atoms with Crippen molar-refractivity contribution < 1.29 is 57.4 Å². The summed E-state index contributed by atoms with van der Waals surface area (Å²) in [7, 11) is 3.77. The molecule has 0 bridgehead atoms. The molecule has 0 aliphatic carbocycles. The highest BCUT2D eigenvalue weighted by atomic mass is 17.2. The van der Waals surface area contributed by atoms with Crippen molar-refractivity contribution >= 4 is 64.8 Å². The molecule has 1 aromatic heterocycles. The quantitative estimate of drug-likeness (QED) is 0.0368. The highest BCUT2D eigenvalue weighted by Gasteiger charge is 2.14. The Kier molecular flexibility index (Phi) is 14.8. The SMILES string of the molecule is C=C(CC(=O)Oc1ccc(Nc2nc(Nc3ccc(OC(=O)CCC(=O)OC)cc3)nc(Nc3ccc(OC(=O)CCC(=O)OC)cc3)n2)cc1)OOC. The monoisotopic (exact) mass is 744 g/mol. The molecule has 0 amide bonds. The first-order valence-corrected chi connectivity index (χ1v) is 16.0. The van der Waals surface area contributed by atoms with Crippen molar-refractivity contribution in [1.29, 1.82) is 0 Å². The van der Waals surface area contributed by atoms with Gasteiger partial charge in [-0.25, -0.2) is 0 Å². The van der Waals surface area contributed by atoms with E-state index in [0.29, 0.717) is 17.1 Å². The lowest BCUT2D eigenvalue weighted by Crippen LogP contribution is -2.11. The van der Waals surface area contributed by atoms with Crippen molar-refractivity contribution in [2.45, 2.75) is 32.1 Å². The van der Waals surface area contributed by atoms with Crippen LogP contribution in [0.4, 0.5) is 34.9 Å². The predicted octanol–water partition coefficient (Wildman–Crippen LogP) is 5.21. The maximum Gasteiger partial charge on any atom is 0.318 e. The van der Waals surface area contributed by atoms with E-state index >= 15 is 0 Å². The number of esters is 5. The highest BCUT2D eigenvalue weighted by molar-refractivity contribution is 5.80. The molecule has 0 spiro atoms. The van der Waals surface area contributed by atoms with Gasteiger partial charge in [-0.1, -0.05) is 6.58 Å². The number of nitrogens with one attached hydrogen (secondary N) is 3. The Labute approximate surface area is 308 Å². The van der Waals surface area contributed by atoms with Crippen molar-refractivity contribution in [2.75, 3.05) is 37.3 Å². The van der Waals surface area contributed by atoms with Crippen LogP contribution in [0.15, 0.2) is 85.1 Å². The third-order valence-corrected chi connectivity index (χ3v) is 6.73. The van der Waals surface area contributed by atoms with Crippen LogP contribution in [0.25, 0.3) is 0 Å². The van der Waals surface area contributed by atoms with Crippen LogP contribution >= 0.6 is 0 Å². The number of nitrogens with zero attached hydrogens (tertiary/aromatic N) is 3. The van der Waals surface area contributed by atoms with Gasteiger partial charge in [0.25, 0.3) is 0 Å². The molecule has 0 saturated heterocycles. The van der Waals surface area contributed by atoms with Crippen LogP contribution in [0.3, 0.4) is 0 Å². The topological polar surface area (TPSA) is 225 Å². The van der Waals surface area contributed by atoms with Gasteiger partial charge in [0.15, 0.2) is 0 Å². The minimum atomic E-state index is -0.601. The molecule has 282 valence electrons. The summed E-state index contributed by atoms with van der Waals surface area (Å²) in [5, 5.41) is 9.23. The van der Waals surface area contributed by atoms with Crippen molar-refractivity contribution in [2.24, 2.45) is 0 Å². The molecule has 1 heterocycles.